The molecule has 2 aromatic carbocycles. The van der Waals surface area contributed by atoms with Gasteiger partial charge in [-0.15, -0.1) is 0 Å². The number of nitrogens with one attached hydrogen (secondary N) is 2. The molecule has 0 aliphatic heterocycles. The third kappa shape index (κ3) is 2.81. The first-order valence-corrected chi connectivity index (χ1v) is 7.24. The summed E-state index contributed by atoms with van der Waals surface area (Å²) in [5.41, 5.74) is 0.843. The van der Waals surface area contributed by atoms with Crippen LogP contribution in [0.3, 0.4) is 0 Å². The molecule has 0 aliphatic rings. The number of amides is 1. The number of methoxy groups -OCH3 is 2. The number of fused-ring (bicyclic) bond motifs is 1. The minimum absolute atomic E-state index is 0.127. The van der Waals surface area contributed by atoms with Gasteiger partial charge in [-0.05, 0) is 24.3 Å². The van der Waals surface area contributed by atoms with E-state index in [2.05, 4.69) is 5.32 Å². The van der Waals surface area contributed by atoms with E-state index in [1.54, 1.807) is 42.5 Å². The fourth-order valence-electron chi connectivity index (χ4n) is 2.40. The first kappa shape index (κ1) is 15.6. The van der Waals surface area contributed by atoms with Gasteiger partial charge < -0.3 is 19.2 Å². The summed E-state index contributed by atoms with van der Waals surface area (Å²) in [7, 11) is 3.05. The fourth-order valence-corrected chi connectivity index (χ4v) is 2.40. The highest BCUT2D eigenvalue weighted by molar-refractivity contribution is 6.06. The highest BCUT2D eigenvalue weighted by atomic mass is 16.5. The molecule has 0 saturated carbocycles. The smallest absolute Gasteiger partial charge is 0.261 e. The molecule has 0 radical (unpaired) electrons. The summed E-state index contributed by atoms with van der Waals surface area (Å²) in [4.78, 5) is 12.5. The normalized spacial score (nSPS) is 10.4. The van der Waals surface area contributed by atoms with E-state index >= 15 is 0 Å². The van der Waals surface area contributed by atoms with E-state index in [1.807, 2.05) is 6.07 Å². The van der Waals surface area contributed by atoms with Crippen LogP contribution in [0.4, 0.5) is 5.69 Å². The van der Waals surface area contributed by atoms with Crippen LogP contribution in [0.25, 0.3) is 11.0 Å². The monoisotopic (exact) mass is 324 g/mol. The third-order valence-corrected chi connectivity index (χ3v) is 3.58. The lowest BCUT2D eigenvalue weighted by Crippen LogP contribution is -2.21. The molecule has 0 unspecified atom stereocenters. The van der Waals surface area contributed by atoms with Crippen molar-refractivity contribution in [1.29, 1.82) is 5.41 Å². The molecular formula is C18H16N2O4. The summed E-state index contributed by atoms with van der Waals surface area (Å²) in [6.45, 7) is 0. The van der Waals surface area contributed by atoms with Crippen molar-refractivity contribution < 1.29 is 18.7 Å². The molecule has 0 bridgehead atoms. The Balaban J connectivity index is 2.01. The van der Waals surface area contributed by atoms with Crippen LogP contribution in [-0.4, -0.2) is 20.1 Å². The lowest BCUT2D eigenvalue weighted by Gasteiger charge is -2.10. The fraction of sp³-hybridized carbons (Fsp3) is 0.111. The number of hydrogen-bond acceptors (Lipinski definition) is 5. The molecule has 3 rings (SSSR count). The number of hydrogen-bond donors (Lipinski definition) is 2. The molecule has 0 saturated heterocycles. The van der Waals surface area contributed by atoms with Crippen LogP contribution < -0.4 is 20.3 Å². The van der Waals surface area contributed by atoms with Crippen LogP contribution in [0, 0.1) is 5.41 Å². The lowest BCUT2D eigenvalue weighted by molar-refractivity contribution is 0.102. The second kappa shape index (κ2) is 6.45. The van der Waals surface area contributed by atoms with Crippen molar-refractivity contribution in [3.63, 3.8) is 0 Å². The molecule has 122 valence electrons. The maximum absolute atomic E-state index is 12.5. The van der Waals surface area contributed by atoms with Crippen molar-refractivity contribution in [3.05, 3.63) is 59.6 Å². The SMILES string of the molecule is COc1ccccc1NC(=O)c1cc2cccc(OC)c2oc1=N. The molecule has 1 amide bonds. The average Bonchev–Trinajstić information content (AvgIpc) is 2.61. The summed E-state index contributed by atoms with van der Waals surface area (Å²) < 4.78 is 15.9. The number of carbonyl (C=O) groups excluding carboxylic acids is 1. The Bertz CT molecular complexity index is 963. The van der Waals surface area contributed by atoms with E-state index in [9.17, 15) is 4.79 Å². The van der Waals surface area contributed by atoms with Crippen molar-refractivity contribution >= 4 is 22.6 Å². The van der Waals surface area contributed by atoms with E-state index in [4.69, 9.17) is 19.3 Å². The molecule has 1 aromatic heterocycles. The molecule has 0 atom stereocenters. The van der Waals surface area contributed by atoms with Gasteiger partial charge >= 0.3 is 0 Å². The molecule has 6 nitrogen and oxygen atoms in total. The third-order valence-electron chi connectivity index (χ3n) is 3.58. The Morgan fingerprint density at radius 3 is 2.50 bits per heavy atom. The zero-order chi connectivity index (χ0) is 17.1. The van der Waals surface area contributed by atoms with E-state index in [-0.39, 0.29) is 11.1 Å². The average molecular weight is 324 g/mol. The summed E-state index contributed by atoms with van der Waals surface area (Å²) in [5, 5.41) is 11.4. The van der Waals surface area contributed by atoms with Crippen molar-refractivity contribution in [3.8, 4) is 11.5 Å². The summed E-state index contributed by atoms with van der Waals surface area (Å²) >= 11 is 0. The maximum atomic E-state index is 12.5. The predicted octanol–water partition coefficient (Wildman–Crippen LogP) is 3.18. The highest BCUT2D eigenvalue weighted by Crippen LogP contribution is 2.26. The Morgan fingerprint density at radius 1 is 1.04 bits per heavy atom. The molecule has 24 heavy (non-hydrogen) atoms. The van der Waals surface area contributed by atoms with Crippen molar-refractivity contribution in [2.45, 2.75) is 0 Å². The van der Waals surface area contributed by atoms with Gasteiger partial charge in [-0.25, -0.2) is 0 Å². The van der Waals surface area contributed by atoms with Gasteiger partial charge in [-0.1, -0.05) is 24.3 Å². The van der Waals surface area contributed by atoms with Gasteiger partial charge in [-0.3, -0.25) is 10.2 Å². The van der Waals surface area contributed by atoms with E-state index in [1.165, 1.54) is 14.2 Å². The van der Waals surface area contributed by atoms with Gasteiger partial charge in [0.1, 0.15) is 11.3 Å². The maximum Gasteiger partial charge on any atom is 0.261 e. The van der Waals surface area contributed by atoms with Crippen LogP contribution in [-0.2, 0) is 0 Å². The van der Waals surface area contributed by atoms with Crippen molar-refractivity contribution in [1.82, 2.24) is 0 Å². The van der Waals surface area contributed by atoms with Crippen LogP contribution in [0.2, 0.25) is 0 Å². The van der Waals surface area contributed by atoms with Crippen molar-refractivity contribution in [2.24, 2.45) is 0 Å². The Kier molecular flexibility index (Phi) is 4.20. The first-order valence-electron chi connectivity index (χ1n) is 7.24. The minimum atomic E-state index is -0.446. The van der Waals surface area contributed by atoms with E-state index in [0.717, 1.165) is 0 Å². The van der Waals surface area contributed by atoms with Crippen LogP contribution in [0.5, 0.6) is 11.5 Å². The highest BCUT2D eigenvalue weighted by Gasteiger charge is 2.15. The molecule has 0 fully saturated rings. The second-order valence-electron chi connectivity index (χ2n) is 5.02. The summed E-state index contributed by atoms with van der Waals surface area (Å²) in [6, 6.07) is 14.0. The Morgan fingerprint density at radius 2 is 1.75 bits per heavy atom. The summed E-state index contributed by atoms with van der Waals surface area (Å²) in [6.07, 6.45) is 0. The predicted molar refractivity (Wildman–Crippen MR) is 89.6 cm³/mol. The molecule has 3 aromatic rings. The topological polar surface area (TPSA) is 84.6 Å². The Hall–Kier alpha value is -3.28. The van der Waals surface area contributed by atoms with Crippen molar-refractivity contribution in [2.75, 3.05) is 19.5 Å². The molecular weight excluding hydrogens is 308 g/mol. The molecule has 1 heterocycles. The largest absolute Gasteiger partial charge is 0.495 e. The number of carbonyl (C=O) groups is 1. The second-order valence-corrected chi connectivity index (χ2v) is 5.02. The number of para-hydroxylation sites is 3. The van der Waals surface area contributed by atoms with E-state index < -0.39 is 5.91 Å². The first-order chi connectivity index (χ1) is 11.6. The number of anilines is 1. The van der Waals surface area contributed by atoms with Crippen LogP contribution >= 0.6 is 0 Å². The molecule has 0 spiro atoms. The molecule has 6 heteroatoms. The zero-order valence-electron chi connectivity index (χ0n) is 13.3. The van der Waals surface area contributed by atoms with Gasteiger partial charge in [-0.2, -0.15) is 0 Å². The van der Waals surface area contributed by atoms with Crippen LogP contribution in [0.15, 0.2) is 52.9 Å². The molecule has 0 aliphatic carbocycles. The van der Waals surface area contributed by atoms with Gasteiger partial charge in [0.2, 0.25) is 5.55 Å². The lowest BCUT2D eigenvalue weighted by atomic mass is 10.1. The van der Waals surface area contributed by atoms with Gasteiger partial charge in [0, 0.05) is 5.39 Å². The number of rotatable bonds is 4. The Labute approximate surface area is 138 Å². The van der Waals surface area contributed by atoms with Gasteiger partial charge in [0.05, 0.1) is 19.9 Å². The van der Waals surface area contributed by atoms with E-state index in [0.29, 0.717) is 28.2 Å². The van der Waals surface area contributed by atoms with Gasteiger partial charge in [0.25, 0.3) is 5.91 Å². The summed E-state index contributed by atoms with van der Waals surface area (Å²) in [5.74, 6) is 0.604. The number of benzene rings is 2. The quantitative estimate of drug-likeness (QED) is 0.772. The van der Waals surface area contributed by atoms with Crippen LogP contribution in [0.1, 0.15) is 10.4 Å². The van der Waals surface area contributed by atoms with Gasteiger partial charge in [0.15, 0.2) is 11.3 Å². The zero-order valence-corrected chi connectivity index (χ0v) is 13.3. The standard InChI is InChI=1S/C18H16N2O4/c1-22-14-8-4-3-7-13(14)20-18(21)12-10-11-6-5-9-15(23-2)16(11)24-17(12)19/h3-10,19H,1-2H3,(H,20,21). The minimum Gasteiger partial charge on any atom is -0.495 e. The number of ether oxygens (including phenoxy) is 2. The molecule has 2 N–H and O–H groups in total.